The third kappa shape index (κ3) is 4.34. The van der Waals surface area contributed by atoms with Crippen LogP contribution in [0.4, 0.5) is 0 Å². The molecule has 0 aliphatic heterocycles. The maximum absolute atomic E-state index is 10.1. The lowest BCUT2D eigenvalue weighted by Gasteiger charge is -2.21. The number of ether oxygens (including phenoxy) is 1. The van der Waals surface area contributed by atoms with Crippen LogP contribution < -0.4 is 10.1 Å². The summed E-state index contributed by atoms with van der Waals surface area (Å²) in [5.41, 5.74) is 0.801. The van der Waals surface area contributed by atoms with Crippen molar-refractivity contribution < 1.29 is 14.9 Å². The van der Waals surface area contributed by atoms with Crippen LogP contribution >= 0.6 is 0 Å². The summed E-state index contributed by atoms with van der Waals surface area (Å²) >= 11 is 0. The highest BCUT2D eigenvalue weighted by atomic mass is 16.5. The van der Waals surface area contributed by atoms with Crippen molar-refractivity contribution >= 4 is 0 Å². The van der Waals surface area contributed by atoms with Crippen molar-refractivity contribution in [1.82, 2.24) is 5.32 Å². The largest absolute Gasteiger partial charge is 0.497 e. The van der Waals surface area contributed by atoms with Gasteiger partial charge in [-0.05, 0) is 31.5 Å². The number of nitrogens with one attached hydrogen (secondary N) is 1. The molecule has 4 nitrogen and oxygen atoms in total. The van der Waals surface area contributed by atoms with Gasteiger partial charge >= 0.3 is 0 Å². The second-order valence-electron chi connectivity index (χ2n) is 4.27. The van der Waals surface area contributed by atoms with Crippen LogP contribution in [-0.4, -0.2) is 36.0 Å². The Morgan fingerprint density at radius 2 is 2.00 bits per heavy atom. The standard InChI is InChI=1S/C13H21NO3/c1-9(15)8-14-10(2)13(16)11-5-4-6-12(7-11)17-3/h4-7,9-10,13-16H,8H2,1-3H3. The van der Waals surface area contributed by atoms with Crippen LogP contribution in [0.3, 0.4) is 0 Å². The molecule has 0 saturated heterocycles. The second kappa shape index (κ2) is 6.59. The molecule has 4 heteroatoms. The summed E-state index contributed by atoms with van der Waals surface area (Å²) in [6, 6.07) is 7.22. The van der Waals surface area contributed by atoms with Crippen molar-refractivity contribution in [3.8, 4) is 5.75 Å². The zero-order chi connectivity index (χ0) is 12.8. The summed E-state index contributed by atoms with van der Waals surface area (Å²) in [6.45, 7) is 4.05. The highest BCUT2D eigenvalue weighted by Crippen LogP contribution is 2.21. The van der Waals surface area contributed by atoms with Crippen LogP contribution in [0.5, 0.6) is 5.75 Å². The van der Waals surface area contributed by atoms with Crippen molar-refractivity contribution in [3.05, 3.63) is 29.8 Å². The zero-order valence-electron chi connectivity index (χ0n) is 10.6. The molecule has 0 radical (unpaired) electrons. The van der Waals surface area contributed by atoms with Crippen molar-refractivity contribution in [2.75, 3.05) is 13.7 Å². The van der Waals surface area contributed by atoms with Gasteiger partial charge in [0.05, 0.1) is 19.3 Å². The number of rotatable bonds is 6. The van der Waals surface area contributed by atoms with Gasteiger partial charge in [0.25, 0.3) is 0 Å². The molecule has 1 aromatic rings. The fourth-order valence-corrected chi connectivity index (χ4v) is 1.58. The van der Waals surface area contributed by atoms with Gasteiger partial charge in [-0.15, -0.1) is 0 Å². The average molecular weight is 239 g/mol. The van der Waals surface area contributed by atoms with Crippen LogP contribution in [0.25, 0.3) is 0 Å². The first kappa shape index (κ1) is 14.0. The van der Waals surface area contributed by atoms with Crippen LogP contribution in [0.2, 0.25) is 0 Å². The quantitative estimate of drug-likeness (QED) is 0.695. The molecule has 96 valence electrons. The molecule has 0 aromatic heterocycles. The molecule has 3 unspecified atom stereocenters. The van der Waals surface area contributed by atoms with E-state index in [1.165, 1.54) is 0 Å². The zero-order valence-corrected chi connectivity index (χ0v) is 10.6. The van der Waals surface area contributed by atoms with E-state index in [2.05, 4.69) is 5.32 Å². The Labute approximate surface area is 102 Å². The van der Waals surface area contributed by atoms with Crippen molar-refractivity contribution in [2.45, 2.75) is 32.1 Å². The van der Waals surface area contributed by atoms with Gasteiger partial charge in [0, 0.05) is 12.6 Å². The summed E-state index contributed by atoms with van der Waals surface area (Å²) < 4.78 is 5.11. The van der Waals surface area contributed by atoms with Crippen molar-refractivity contribution in [3.63, 3.8) is 0 Å². The Morgan fingerprint density at radius 3 is 2.59 bits per heavy atom. The van der Waals surface area contributed by atoms with E-state index in [1.54, 1.807) is 14.0 Å². The lowest BCUT2D eigenvalue weighted by Crippen LogP contribution is -2.36. The lowest BCUT2D eigenvalue weighted by molar-refractivity contribution is 0.121. The second-order valence-corrected chi connectivity index (χ2v) is 4.27. The van der Waals surface area contributed by atoms with E-state index in [9.17, 15) is 10.2 Å². The third-order valence-corrected chi connectivity index (χ3v) is 2.64. The summed E-state index contributed by atoms with van der Waals surface area (Å²) in [5, 5.41) is 22.4. The minimum absolute atomic E-state index is 0.128. The number of hydrogen-bond donors (Lipinski definition) is 3. The summed E-state index contributed by atoms with van der Waals surface area (Å²) in [7, 11) is 1.60. The third-order valence-electron chi connectivity index (χ3n) is 2.64. The van der Waals surface area contributed by atoms with Gasteiger partial charge in [0.2, 0.25) is 0 Å². The molecule has 0 fully saturated rings. The molecule has 0 saturated carbocycles. The molecule has 0 aliphatic rings. The first-order valence-corrected chi connectivity index (χ1v) is 5.78. The predicted molar refractivity (Wildman–Crippen MR) is 67.1 cm³/mol. The average Bonchev–Trinajstić information content (AvgIpc) is 2.35. The number of benzene rings is 1. The van der Waals surface area contributed by atoms with E-state index in [0.29, 0.717) is 6.54 Å². The van der Waals surface area contributed by atoms with E-state index < -0.39 is 12.2 Å². The number of aliphatic hydroxyl groups excluding tert-OH is 2. The Hall–Kier alpha value is -1.10. The fraction of sp³-hybridized carbons (Fsp3) is 0.538. The minimum atomic E-state index is -0.621. The Morgan fingerprint density at radius 1 is 1.29 bits per heavy atom. The number of methoxy groups -OCH3 is 1. The first-order chi connectivity index (χ1) is 8.04. The molecule has 17 heavy (non-hydrogen) atoms. The number of aliphatic hydroxyl groups is 2. The summed E-state index contributed by atoms with van der Waals surface area (Å²) in [5.74, 6) is 0.726. The maximum atomic E-state index is 10.1. The first-order valence-electron chi connectivity index (χ1n) is 5.78. The van der Waals surface area contributed by atoms with Gasteiger partial charge in [-0.25, -0.2) is 0 Å². The molecule has 0 bridgehead atoms. The number of hydrogen-bond acceptors (Lipinski definition) is 4. The molecule has 3 atom stereocenters. The molecular formula is C13H21NO3. The SMILES string of the molecule is COc1cccc(C(O)C(C)NCC(C)O)c1. The van der Waals surface area contributed by atoms with E-state index in [-0.39, 0.29) is 6.04 Å². The monoisotopic (exact) mass is 239 g/mol. The van der Waals surface area contributed by atoms with Crippen LogP contribution in [-0.2, 0) is 0 Å². The predicted octanol–water partition coefficient (Wildman–Crippen LogP) is 1.09. The van der Waals surface area contributed by atoms with Gasteiger partial charge in [-0.2, -0.15) is 0 Å². The highest BCUT2D eigenvalue weighted by molar-refractivity contribution is 5.30. The Bertz CT molecular complexity index is 341. The van der Waals surface area contributed by atoms with Crippen LogP contribution in [0, 0.1) is 0 Å². The molecule has 3 N–H and O–H groups in total. The molecule has 0 heterocycles. The molecule has 1 rings (SSSR count). The van der Waals surface area contributed by atoms with Gasteiger partial charge < -0.3 is 20.3 Å². The molecular weight excluding hydrogens is 218 g/mol. The van der Waals surface area contributed by atoms with E-state index in [0.717, 1.165) is 11.3 Å². The molecule has 0 aliphatic carbocycles. The Kier molecular flexibility index (Phi) is 5.41. The van der Waals surface area contributed by atoms with Crippen LogP contribution in [0.1, 0.15) is 25.5 Å². The van der Waals surface area contributed by atoms with E-state index in [4.69, 9.17) is 4.74 Å². The summed E-state index contributed by atoms with van der Waals surface area (Å²) in [6.07, 6.45) is -1.04. The molecule has 1 aromatic carbocycles. The van der Waals surface area contributed by atoms with Gasteiger partial charge in [-0.3, -0.25) is 0 Å². The fourth-order valence-electron chi connectivity index (χ4n) is 1.58. The highest BCUT2D eigenvalue weighted by Gasteiger charge is 2.16. The van der Waals surface area contributed by atoms with Crippen molar-refractivity contribution in [1.29, 1.82) is 0 Å². The van der Waals surface area contributed by atoms with Gasteiger partial charge in [0.15, 0.2) is 0 Å². The van der Waals surface area contributed by atoms with Gasteiger partial charge in [0.1, 0.15) is 5.75 Å². The summed E-state index contributed by atoms with van der Waals surface area (Å²) in [4.78, 5) is 0. The van der Waals surface area contributed by atoms with E-state index >= 15 is 0 Å². The maximum Gasteiger partial charge on any atom is 0.119 e. The lowest BCUT2D eigenvalue weighted by atomic mass is 10.0. The topological polar surface area (TPSA) is 61.7 Å². The van der Waals surface area contributed by atoms with E-state index in [1.807, 2.05) is 31.2 Å². The Balaban J connectivity index is 2.63. The van der Waals surface area contributed by atoms with Crippen molar-refractivity contribution in [2.24, 2.45) is 0 Å². The molecule has 0 amide bonds. The molecule has 0 spiro atoms. The minimum Gasteiger partial charge on any atom is -0.497 e. The van der Waals surface area contributed by atoms with Gasteiger partial charge in [-0.1, -0.05) is 12.1 Å². The normalized spacial score (nSPS) is 16.3. The smallest absolute Gasteiger partial charge is 0.119 e. The van der Waals surface area contributed by atoms with Crippen LogP contribution in [0.15, 0.2) is 24.3 Å².